The molecule has 0 saturated heterocycles. The zero-order chi connectivity index (χ0) is 20.2. The maximum Gasteiger partial charge on any atom is 0.241 e. The first kappa shape index (κ1) is 18.5. The van der Waals surface area contributed by atoms with E-state index in [9.17, 15) is 4.79 Å². The molecule has 0 saturated carbocycles. The van der Waals surface area contributed by atoms with Crippen molar-refractivity contribution in [3.05, 3.63) is 71.5 Å². The van der Waals surface area contributed by atoms with Gasteiger partial charge in [-0.1, -0.05) is 35.5 Å². The van der Waals surface area contributed by atoms with E-state index in [4.69, 9.17) is 0 Å². The molecule has 4 rings (SSSR count). The van der Waals surface area contributed by atoms with Crippen LogP contribution in [0.3, 0.4) is 0 Å². The fraction of sp³-hybridized carbons (Fsp3) is 0.190. The number of fused-ring (bicyclic) bond motifs is 1. The summed E-state index contributed by atoms with van der Waals surface area (Å²) in [4.78, 5) is 12.2. The second-order valence-electron chi connectivity index (χ2n) is 6.68. The number of para-hydroxylation sites is 2. The van der Waals surface area contributed by atoms with Crippen molar-refractivity contribution >= 4 is 23.2 Å². The molecule has 0 atom stereocenters. The van der Waals surface area contributed by atoms with Crippen LogP contribution >= 0.6 is 0 Å². The molecular weight excluding hydrogens is 366 g/mol. The number of hydrazone groups is 1. The number of rotatable bonds is 6. The number of carbonyl (C=O) groups is 1. The molecule has 146 valence electrons. The second-order valence-corrected chi connectivity index (χ2v) is 6.68. The van der Waals surface area contributed by atoms with Crippen molar-refractivity contribution in [2.24, 2.45) is 5.10 Å². The minimum absolute atomic E-state index is 0.188. The van der Waals surface area contributed by atoms with Gasteiger partial charge in [0.25, 0.3) is 0 Å². The van der Waals surface area contributed by atoms with Crippen LogP contribution < -0.4 is 5.43 Å². The average Bonchev–Trinajstić information content (AvgIpc) is 3.28. The maximum atomic E-state index is 12.2. The quantitative estimate of drug-likeness (QED) is 0.407. The number of hydrogen-bond acceptors (Lipinski definition) is 5. The first-order chi connectivity index (χ1) is 14.1. The van der Waals surface area contributed by atoms with Gasteiger partial charge in [0.15, 0.2) is 0 Å². The van der Waals surface area contributed by atoms with E-state index in [1.54, 1.807) is 10.9 Å². The standard InChI is InChI=1S/C21H21N7O/c1-15-18(16(2)28(25-15)17-8-4-3-5-9-17)14-22-24-21(29)12-13-27-20-11-7-6-10-19(20)23-26-27/h3-11,14H,12-13H2,1-2H3,(H,24,29)/b22-14+. The smallest absolute Gasteiger partial charge is 0.241 e. The summed E-state index contributed by atoms with van der Waals surface area (Å²) in [7, 11) is 0. The molecule has 0 fully saturated rings. The first-order valence-electron chi connectivity index (χ1n) is 9.35. The van der Waals surface area contributed by atoms with Gasteiger partial charge in [-0.25, -0.2) is 14.8 Å². The summed E-state index contributed by atoms with van der Waals surface area (Å²) in [5.41, 5.74) is 7.97. The Hall–Kier alpha value is -3.81. The van der Waals surface area contributed by atoms with Gasteiger partial charge in [-0.3, -0.25) is 4.79 Å². The summed E-state index contributed by atoms with van der Waals surface area (Å²) in [5, 5.41) is 16.9. The van der Waals surface area contributed by atoms with Crippen LogP contribution in [-0.4, -0.2) is 36.9 Å². The molecule has 4 aromatic rings. The summed E-state index contributed by atoms with van der Waals surface area (Å²) in [5.74, 6) is -0.188. The Morgan fingerprint density at radius 1 is 1.10 bits per heavy atom. The van der Waals surface area contributed by atoms with Crippen LogP contribution in [0.15, 0.2) is 59.7 Å². The zero-order valence-corrected chi connectivity index (χ0v) is 16.3. The third-order valence-electron chi connectivity index (χ3n) is 4.70. The summed E-state index contributed by atoms with van der Waals surface area (Å²) in [6, 6.07) is 17.6. The van der Waals surface area contributed by atoms with E-state index in [0.717, 1.165) is 33.7 Å². The SMILES string of the molecule is Cc1nn(-c2ccccc2)c(C)c1/C=N/NC(=O)CCn1nnc2ccccc21. The number of aromatic nitrogens is 5. The molecule has 1 N–H and O–H groups in total. The van der Waals surface area contributed by atoms with Gasteiger partial charge in [0, 0.05) is 12.0 Å². The zero-order valence-electron chi connectivity index (χ0n) is 16.3. The van der Waals surface area contributed by atoms with Gasteiger partial charge in [0.1, 0.15) is 5.52 Å². The van der Waals surface area contributed by atoms with Crippen molar-refractivity contribution < 1.29 is 4.79 Å². The molecule has 0 aliphatic carbocycles. The Morgan fingerprint density at radius 3 is 2.69 bits per heavy atom. The summed E-state index contributed by atoms with van der Waals surface area (Å²) in [6.07, 6.45) is 1.89. The van der Waals surface area contributed by atoms with Gasteiger partial charge < -0.3 is 0 Å². The third-order valence-corrected chi connectivity index (χ3v) is 4.70. The van der Waals surface area contributed by atoms with E-state index in [-0.39, 0.29) is 12.3 Å². The van der Waals surface area contributed by atoms with Crippen LogP contribution in [0.1, 0.15) is 23.4 Å². The number of aryl methyl sites for hydroxylation is 2. The van der Waals surface area contributed by atoms with E-state index < -0.39 is 0 Å². The fourth-order valence-corrected chi connectivity index (χ4v) is 3.18. The van der Waals surface area contributed by atoms with Crippen LogP contribution in [0.4, 0.5) is 0 Å². The minimum Gasteiger partial charge on any atom is -0.273 e. The van der Waals surface area contributed by atoms with Crippen LogP contribution in [0.5, 0.6) is 0 Å². The highest BCUT2D eigenvalue weighted by Gasteiger charge is 2.11. The Morgan fingerprint density at radius 2 is 1.86 bits per heavy atom. The minimum atomic E-state index is -0.188. The molecule has 0 spiro atoms. The Kier molecular flexibility index (Phi) is 5.15. The predicted octanol–water partition coefficient (Wildman–Crippen LogP) is 2.77. The van der Waals surface area contributed by atoms with E-state index >= 15 is 0 Å². The van der Waals surface area contributed by atoms with Gasteiger partial charge in [-0.05, 0) is 38.1 Å². The molecule has 0 bridgehead atoms. The highest BCUT2D eigenvalue weighted by atomic mass is 16.2. The van der Waals surface area contributed by atoms with Crippen LogP contribution in [0.25, 0.3) is 16.7 Å². The lowest BCUT2D eigenvalue weighted by atomic mass is 10.2. The molecule has 0 aliphatic heterocycles. The van der Waals surface area contributed by atoms with E-state index in [1.165, 1.54) is 0 Å². The molecule has 2 aromatic heterocycles. The number of benzene rings is 2. The number of amides is 1. The fourth-order valence-electron chi connectivity index (χ4n) is 3.18. The Bertz CT molecular complexity index is 1170. The molecule has 2 aromatic carbocycles. The number of hydrogen-bond donors (Lipinski definition) is 1. The van der Waals surface area contributed by atoms with E-state index in [1.807, 2.05) is 73.1 Å². The molecule has 0 radical (unpaired) electrons. The van der Waals surface area contributed by atoms with Crippen molar-refractivity contribution in [2.45, 2.75) is 26.8 Å². The van der Waals surface area contributed by atoms with Crippen molar-refractivity contribution in [1.29, 1.82) is 0 Å². The van der Waals surface area contributed by atoms with E-state index in [2.05, 4.69) is 25.9 Å². The number of nitrogens with one attached hydrogen (secondary N) is 1. The Labute approximate surface area is 167 Å². The molecule has 8 nitrogen and oxygen atoms in total. The monoisotopic (exact) mass is 387 g/mol. The van der Waals surface area contributed by atoms with Crippen LogP contribution in [-0.2, 0) is 11.3 Å². The average molecular weight is 387 g/mol. The van der Waals surface area contributed by atoms with Gasteiger partial charge in [-0.15, -0.1) is 5.10 Å². The predicted molar refractivity (Wildman–Crippen MR) is 111 cm³/mol. The molecular formula is C21H21N7O. The van der Waals surface area contributed by atoms with E-state index in [0.29, 0.717) is 6.54 Å². The van der Waals surface area contributed by atoms with Gasteiger partial charge in [0.05, 0.1) is 35.4 Å². The van der Waals surface area contributed by atoms with Gasteiger partial charge in [-0.2, -0.15) is 10.2 Å². The highest BCUT2D eigenvalue weighted by molar-refractivity contribution is 5.84. The lowest BCUT2D eigenvalue weighted by Crippen LogP contribution is -2.19. The van der Waals surface area contributed by atoms with Crippen molar-refractivity contribution in [3.63, 3.8) is 0 Å². The van der Waals surface area contributed by atoms with Crippen LogP contribution in [0, 0.1) is 13.8 Å². The number of carbonyl (C=O) groups excluding carboxylic acids is 1. The maximum absolute atomic E-state index is 12.2. The third kappa shape index (κ3) is 3.91. The summed E-state index contributed by atoms with van der Waals surface area (Å²) in [6.45, 7) is 4.34. The molecule has 8 heteroatoms. The number of nitrogens with zero attached hydrogens (tertiary/aromatic N) is 6. The first-order valence-corrected chi connectivity index (χ1v) is 9.35. The summed E-state index contributed by atoms with van der Waals surface area (Å²) >= 11 is 0. The Balaban J connectivity index is 1.39. The topological polar surface area (TPSA) is 90.0 Å². The largest absolute Gasteiger partial charge is 0.273 e. The lowest BCUT2D eigenvalue weighted by molar-refractivity contribution is -0.121. The molecule has 0 aliphatic rings. The second kappa shape index (κ2) is 8.05. The molecule has 29 heavy (non-hydrogen) atoms. The van der Waals surface area contributed by atoms with Crippen molar-refractivity contribution in [2.75, 3.05) is 0 Å². The molecule has 2 heterocycles. The van der Waals surface area contributed by atoms with Crippen molar-refractivity contribution in [1.82, 2.24) is 30.2 Å². The lowest BCUT2D eigenvalue weighted by Gasteiger charge is -2.03. The van der Waals surface area contributed by atoms with Crippen LogP contribution in [0.2, 0.25) is 0 Å². The molecule has 1 amide bonds. The highest BCUT2D eigenvalue weighted by Crippen LogP contribution is 2.16. The van der Waals surface area contributed by atoms with Gasteiger partial charge in [0.2, 0.25) is 5.91 Å². The van der Waals surface area contributed by atoms with Crippen molar-refractivity contribution in [3.8, 4) is 5.69 Å². The molecule has 0 unspecified atom stereocenters. The summed E-state index contributed by atoms with van der Waals surface area (Å²) < 4.78 is 3.59. The normalized spacial score (nSPS) is 11.4. The van der Waals surface area contributed by atoms with Gasteiger partial charge >= 0.3 is 0 Å².